The second kappa shape index (κ2) is 6.14. The van der Waals surface area contributed by atoms with E-state index in [1.54, 1.807) is 6.07 Å². The van der Waals surface area contributed by atoms with Gasteiger partial charge in [-0.2, -0.15) is 0 Å². The number of piperazine rings is 1. The van der Waals surface area contributed by atoms with Crippen LogP contribution in [0.15, 0.2) is 22.7 Å². The zero-order chi connectivity index (χ0) is 15.1. The van der Waals surface area contributed by atoms with Crippen LogP contribution in [-0.4, -0.2) is 47.1 Å². The average Bonchev–Trinajstić information content (AvgIpc) is 3.15. The highest BCUT2D eigenvalue weighted by Crippen LogP contribution is 2.46. The number of phenolic OH excluding ortho intramolecular Hbond substituents is 1. The molecule has 3 aliphatic rings. The van der Waals surface area contributed by atoms with E-state index < -0.39 is 0 Å². The van der Waals surface area contributed by atoms with E-state index in [4.69, 9.17) is 0 Å². The molecule has 2 saturated carbocycles. The second-order valence-electron chi connectivity index (χ2n) is 7.33. The number of phenols is 1. The van der Waals surface area contributed by atoms with E-state index in [1.807, 2.05) is 12.1 Å². The van der Waals surface area contributed by atoms with E-state index in [1.165, 1.54) is 38.8 Å². The van der Waals surface area contributed by atoms with Crippen molar-refractivity contribution < 1.29 is 5.11 Å². The Kier molecular flexibility index (Phi) is 4.18. The molecule has 0 radical (unpaired) electrons. The Hall–Kier alpha value is -0.580. The quantitative estimate of drug-likeness (QED) is 0.889. The number of halogens is 1. The predicted octanol–water partition coefficient (Wildman–Crippen LogP) is 3.46. The summed E-state index contributed by atoms with van der Waals surface area (Å²) >= 11 is 3.50. The van der Waals surface area contributed by atoms with Crippen LogP contribution in [0.4, 0.5) is 0 Å². The fraction of sp³-hybridized carbons (Fsp3) is 0.667. The van der Waals surface area contributed by atoms with Gasteiger partial charge in [-0.1, -0.05) is 22.4 Å². The summed E-state index contributed by atoms with van der Waals surface area (Å²) in [6, 6.07) is 6.59. The number of hydrogen-bond donors (Lipinski definition) is 1. The lowest BCUT2D eigenvalue weighted by atomic mass is 9.93. The van der Waals surface area contributed by atoms with Gasteiger partial charge in [0.25, 0.3) is 0 Å². The Balaban J connectivity index is 1.33. The molecule has 1 aromatic carbocycles. The smallest absolute Gasteiger partial charge is 0.120 e. The molecular formula is C18H25BrN2O. The third-order valence-electron chi connectivity index (χ3n) is 6.01. The monoisotopic (exact) mass is 364 g/mol. The molecule has 1 aliphatic heterocycles. The molecule has 3 atom stereocenters. The molecule has 4 rings (SSSR count). The van der Waals surface area contributed by atoms with Crippen LogP contribution >= 0.6 is 15.9 Å². The standard InChI is InChI=1S/C18H25BrN2O/c19-16-3-4-18(22)15(11-16)12-20-5-7-21(8-6-20)17-10-13-1-2-14(17)9-13/h3-4,11,13-14,17,22H,1-2,5-10,12H2/t13-,14+,17-/m0/s1. The number of nitrogens with zero attached hydrogens (tertiary/aromatic N) is 2. The number of fused-ring (bicyclic) bond motifs is 2. The first-order valence-electron chi connectivity index (χ1n) is 8.63. The number of hydrogen-bond acceptors (Lipinski definition) is 3. The third-order valence-corrected chi connectivity index (χ3v) is 6.51. The van der Waals surface area contributed by atoms with E-state index in [-0.39, 0.29) is 0 Å². The maximum Gasteiger partial charge on any atom is 0.120 e. The van der Waals surface area contributed by atoms with E-state index in [0.29, 0.717) is 5.75 Å². The van der Waals surface area contributed by atoms with Crippen molar-refractivity contribution in [1.82, 2.24) is 9.80 Å². The van der Waals surface area contributed by atoms with Gasteiger partial charge in [-0.3, -0.25) is 9.80 Å². The number of rotatable bonds is 3. The summed E-state index contributed by atoms with van der Waals surface area (Å²) in [6.07, 6.45) is 5.92. The first-order chi connectivity index (χ1) is 10.7. The third kappa shape index (κ3) is 2.93. The Morgan fingerprint density at radius 1 is 1.09 bits per heavy atom. The predicted molar refractivity (Wildman–Crippen MR) is 91.9 cm³/mol. The highest BCUT2D eigenvalue weighted by Gasteiger charge is 2.42. The molecule has 22 heavy (non-hydrogen) atoms. The van der Waals surface area contributed by atoms with Crippen LogP contribution in [0.2, 0.25) is 0 Å². The molecule has 1 aromatic rings. The van der Waals surface area contributed by atoms with Gasteiger partial charge in [0.2, 0.25) is 0 Å². The molecule has 3 fully saturated rings. The van der Waals surface area contributed by atoms with Crippen LogP contribution in [-0.2, 0) is 6.54 Å². The molecule has 1 saturated heterocycles. The van der Waals surface area contributed by atoms with Crippen molar-refractivity contribution in [2.24, 2.45) is 11.8 Å². The van der Waals surface area contributed by atoms with E-state index in [0.717, 1.165) is 47.5 Å². The minimum Gasteiger partial charge on any atom is -0.508 e. The van der Waals surface area contributed by atoms with Crippen LogP contribution in [0, 0.1) is 11.8 Å². The lowest BCUT2D eigenvalue weighted by Gasteiger charge is -2.41. The van der Waals surface area contributed by atoms with Crippen molar-refractivity contribution in [2.75, 3.05) is 26.2 Å². The van der Waals surface area contributed by atoms with Gasteiger partial charge in [0.1, 0.15) is 5.75 Å². The fourth-order valence-corrected chi connectivity index (χ4v) is 5.24. The summed E-state index contributed by atoms with van der Waals surface area (Å²) in [5.41, 5.74) is 1.03. The summed E-state index contributed by atoms with van der Waals surface area (Å²) in [7, 11) is 0. The zero-order valence-electron chi connectivity index (χ0n) is 13.0. The highest BCUT2D eigenvalue weighted by atomic mass is 79.9. The summed E-state index contributed by atoms with van der Waals surface area (Å²) < 4.78 is 1.04. The maximum atomic E-state index is 10.0. The van der Waals surface area contributed by atoms with Crippen LogP contribution in [0.5, 0.6) is 5.75 Å². The first-order valence-corrected chi connectivity index (χ1v) is 9.42. The number of benzene rings is 1. The second-order valence-corrected chi connectivity index (χ2v) is 8.24. The van der Waals surface area contributed by atoms with Crippen molar-refractivity contribution in [3.63, 3.8) is 0 Å². The van der Waals surface area contributed by atoms with Gasteiger partial charge in [-0.25, -0.2) is 0 Å². The summed E-state index contributed by atoms with van der Waals surface area (Å²) in [4.78, 5) is 5.23. The fourth-order valence-electron chi connectivity index (χ4n) is 4.83. The van der Waals surface area contributed by atoms with Crippen LogP contribution in [0.3, 0.4) is 0 Å². The minimum absolute atomic E-state index is 0.415. The molecule has 0 unspecified atom stereocenters. The first kappa shape index (κ1) is 15.0. The van der Waals surface area contributed by atoms with Crippen LogP contribution in [0.1, 0.15) is 31.2 Å². The molecule has 0 spiro atoms. The summed E-state index contributed by atoms with van der Waals surface area (Å²) in [5.74, 6) is 2.44. The normalized spacial score (nSPS) is 32.7. The highest BCUT2D eigenvalue weighted by molar-refractivity contribution is 9.10. The number of aromatic hydroxyl groups is 1. The molecule has 1 N–H and O–H groups in total. The molecule has 4 heteroatoms. The molecule has 0 amide bonds. The van der Waals surface area contributed by atoms with Gasteiger partial charge in [-0.05, 0) is 49.3 Å². The van der Waals surface area contributed by atoms with E-state index in [2.05, 4.69) is 25.7 Å². The van der Waals surface area contributed by atoms with Gasteiger partial charge >= 0.3 is 0 Å². The van der Waals surface area contributed by atoms with Crippen molar-refractivity contribution in [1.29, 1.82) is 0 Å². The summed E-state index contributed by atoms with van der Waals surface area (Å²) in [6.45, 7) is 5.50. The van der Waals surface area contributed by atoms with Gasteiger partial charge in [-0.15, -0.1) is 0 Å². The summed E-state index contributed by atoms with van der Waals surface area (Å²) in [5, 5.41) is 10.0. The molecule has 1 heterocycles. The largest absolute Gasteiger partial charge is 0.508 e. The van der Waals surface area contributed by atoms with Crippen LogP contribution < -0.4 is 0 Å². The Morgan fingerprint density at radius 3 is 2.59 bits per heavy atom. The topological polar surface area (TPSA) is 26.7 Å². The Bertz CT molecular complexity index is 542. The van der Waals surface area contributed by atoms with E-state index >= 15 is 0 Å². The molecule has 2 bridgehead atoms. The minimum atomic E-state index is 0.415. The van der Waals surface area contributed by atoms with Gasteiger partial charge in [0, 0.05) is 48.8 Å². The lowest BCUT2D eigenvalue weighted by molar-refractivity contribution is 0.0676. The molecule has 0 aromatic heterocycles. The average molecular weight is 365 g/mol. The molecule has 2 aliphatic carbocycles. The van der Waals surface area contributed by atoms with Gasteiger partial charge in [0.05, 0.1) is 0 Å². The Morgan fingerprint density at radius 2 is 1.91 bits per heavy atom. The van der Waals surface area contributed by atoms with Gasteiger partial charge < -0.3 is 5.11 Å². The zero-order valence-corrected chi connectivity index (χ0v) is 14.6. The van der Waals surface area contributed by atoms with E-state index in [9.17, 15) is 5.11 Å². The molecular weight excluding hydrogens is 340 g/mol. The SMILES string of the molecule is Oc1ccc(Br)cc1CN1CCN([C@H]2C[C@H]3CC[C@@H]2C3)CC1. The van der Waals surface area contributed by atoms with Crippen LogP contribution in [0.25, 0.3) is 0 Å². The maximum absolute atomic E-state index is 10.0. The van der Waals surface area contributed by atoms with Crippen molar-refractivity contribution in [3.8, 4) is 5.75 Å². The van der Waals surface area contributed by atoms with Gasteiger partial charge in [0.15, 0.2) is 0 Å². The Labute approximate surface area is 141 Å². The molecule has 120 valence electrons. The van der Waals surface area contributed by atoms with Crippen molar-refractivity contribution >= 4 is 15.9 Å². The van der Waals surface area contributed by atoms with Crippen molar-refractivity contribution in [2.45, 2.75) is 38.3 Å². The van der Waals surface area contributed by atoms with Crippen molar-refractivity contribution in [3.05, 3.63) is 28.2 Å². The molecule has 3 nitrogen and oxygen atoms in total. The lowest BCUT2D eigenvalue weighted by Crippen LogP contribution is -2.51.